The van der Waals surface area contributed by atoms with Crippen LogP contribution < -0.4 is 5.32 Å². The van der Waals surface area contributed by atoms with Crippen LogP contribution in [0.5, 0.6) is 0 Å². The van der Waals surface area contributed by atoms with Crippen LogP contribution in [-0.2, 0) is 25.9 Å². The summed E-state index contributed by atoms with van der Waals surface area (Å²) in [4.78, 5) is 24.5. The number of esters is 1. The maximum Gasteiger partial charge on any atom is 0.340 e. The summed E-state index contributed by atoms with van der Waals surface area (Å²) in [5, 5.41) is 2.67. The molecule has 1 atom stereocenters. The minimum absolute atomic E-state index is 0.0468. The van der Waals surface area contributed by atoms with Gasteiger partial charge >= 0.3 is 5.97 Å². The third kappa shape index (κ3) is 4.46. The second-order valence-corrected chi connectivity index (χ2v) is 9.66. The van der Waals surface area contributed by atoms with Gasteiger partial charge in [0.1, 0.15) is 5.76 Å². The van der Waals surface area contributed by atoms with Crippen molar-refractivity contribution in [2.24, 2.45) is 0 Å². The standard InChI is InChI=1S/C19H24N2O6S/c1-13-9-16(14(2)21(13)10-15-5-4-7-26-15)18(23)27-11-17(22)20-19(3)6-8-28(24,25)12-19/h4-5,7,9H,6,8,10-12H2,1-3H3,(H,20,22)/t19-/m1/s1. The maximum absolute atomic E-state index is 12.4. The number of amides is 1. The first-order chi connectivity index (χ1) is 13.1. The number of hydrogen-bond acceptors (Lipinski definition) is 6. The lowest BCUT2D eigenvalue weighted by atomic mass is 10.0. The Morgan fingerprint density at radius 3 is 2.71 bits per heavy atom. The molecule has 0 radical (unpaired) electrons. The van der Waals surface area contributed by atoms with Crippen molar-refractivity contribution in [3.8, 4) is 0 Å². The van der Waals surface area contributed by atoms with Gasteiger partial charge in [0, 0.05) is 11.4 Å². The van der Waals surface area contributed by atoms with Crippen molar-refractivity contribution < 1.29 is 27.2 Å². The van der Waals surface area contributed by atoms with Crippen LogP contribution in [0.3, 0.4) is 0 Å². The summed E-state index contributed by atoms with van der Waals surface area (Å²) in [6.45, 7) is 5.39. The van der Waals surface area contributed by atoms with Crippen LogP contribution >= 0.6 is 0 Å². The van der Waals surface area contributed by atoms with E-state index >= 15 is 0 Å². The Morgan fingerprint density at radius 1 is 1.36 bits per heavy atom. The van der Waals surface area contributed by atoms with Gasteiger partial charge in [0.05, 0.1) is 35.4 Å². The fourth-order valence-corrected chi connectivity index (χ4v) is 5.59. The average Bonchev–Trinajstić information content (AvgIpc) is 3.28. The van der Waals surface area contributed by atoms with Crippen molar-refractivity contribution in [3.63, 3.8) is 0 Å². The number of rotatable bonds is 6. The largest absolute Gasteiger partial charge is 0.467 e. The number of ether oxygens (including phenoxy) is 1. The van der Waals surface area contributed by atoms with E-state index in [4.69, 9.17) is 9.15 Å². The van der Waals surface area contributed by atoms with Crippen molar-refractivity contribution in [1.82, 2.24) is 9.88 Å². The molecule has 1 fully saturated rings. The van der Waals surface area contributed by atoms with Crippen molar-refractivity contribution in [2.75, 3.05) is 18.1 Å². The van der Waals surface area contributed by atoms with Gasteiger partial charge in [-0.2, -0.15) is 0 Å². The summed E-state index contributed by atoms with van der Waals surface area (Å²) in [7, 11) is -3.14. The number of nitrogens with one attached hydrogen (secondary N) is 1. The molecular weight excluding hydrogens is 384 g/mol. The molecule has 0 aliphatic carbocycles. The predicted octanol–water partition coefficient (Wildman–Crippen LogP) is 1.60. The third-order valence-corrected chi connectivity index (χ3v) is 6.87. The van der Waals surface area contributed by atoms with Crippen LogP contribution in [0.15, 0.2) is 28.9 Å². The van der Waals surface area contributed by atoms with Crippen LogP contribution in [0.1, 0.15) is 40.9 Å². The highest BCUT2D eigenvalue weighted by Crippen LogP contribution is 2.23. The molecular formula is C19H24N2O6S. The van der Waals surface area contributed by atoms with Gasteiger partial charge < -0.3 is 19.0 Å². The smallest absolute Gasteiger partial charge is 0.340 e. The zero-order valence-corrected chi connectivity index (χ0v) is 17.0. The van der Waals surface area contributed by atoms with Crippen molar-refractivity contribution in [1.29, 1.82) is 0 Å². The van der Waals surface area contributed by atoms with Crippen LogP contribution in [0.25, 0.3) is 0 Å². The van der Waals surface area contributed by atoms with Gasteiger partial charge in [-0.25, -0.2) is 13.2 Å². The first kappa shape index (κ1) is 20.2. The molecule has 1 amide bonds. The molecule has 3 heterocycles. The summed E-state index contributed by atoms with van der Waals surface area (Å²) in [5.74, 6) is -0.407. The van der Waals surface area contributed by atoms with E-state index < -0.39 is 33.9 Å². The number of aromatic nitrogens is 1. The molecule has 8 nitrogen and oxygen atoms in total. The lowest BCUT2D eigenvalue weighted by molar-refractivity contribution is -0.125. The zero-order chi connectivity index (χ0) is 20.5. The Labute approximate surface area is 163 Å². The number of carbonyl (C=O) groups is 2. The Hall–Kier alpha value is -2.55. The van der Waals surface area contributed by atoms with E-state index in [2.05, 4.69) is 5.32 Å². The molecule has 1 saturated heterocycles. The van der Waals surface area contributed by atoms with E-state index in [1.54, 1.807) is 32.2 Å². The van der Waals surface area contributed by atoms with Gasteiger partial charge in [-0.1, -0.05) is 0 Å². The van der Waals surface area contributed by atoms with Gasteiger partial charge in [-0.15, -0.1) is 0 Å². The number of sulfone groups is 1. The molecule has 0 spiro atoms. The molecule has 0 unspecified atom stereocenters. The van der Waals surface area contributed by atoms with E-state index in [1.165, 1.54) is 0 Å². The maximum atomic E-state index is 12.4. The third-order valence-electron chi connectivity index (χ3n) is 4.97. The van der Waals surface area contributed by atoms with Crippen LogP contribution in [0.4, 0.5) is 0 Å². The van der Waals surface area contributed by atoms with Crippen LogP contribution in [0.2, 0.25) is 0 Å². The lowest BCUT2D eigenvalue weighted by Gasteiger charge is -2.23. The Kier molecular flexibility index (Phi) is 5.38. The Morgan fingerprint density at radius 2 is 2.11 bits per heavy atom. The molecule has 0 aromatic carbocycles. The predicted molar refractivity (Wildman–Crippen MR) is 102 cm³/mol. The monoisotopic (exact) mass is 408 g/mol. The van der Waals surface area contributed by atoms with Crippen molar-refractivity contribution in [2.45, 2.75) is 39.3 Å². The Balaban J connectivity index is 1.60. The first-order valence-electron chi connectivity index (χ1n) is 8.96. The number of aryl methyl sites for hydroxylation is 1. The highest BCUT2D eigenvalue weighted by atomic mass is 32.2. The highest BCUT2D eigenvalue weighted by Gasteiger charge is 2.39. The normalized spacial score (nSPS) is 20.8. The van der Waals surface area contributed by atoms with Gasteiger partial charge in [0.15, 0.2) is 16.4 Å². The van der Waals surface area contributed by atoms with E-state index in [9.17, 15) is 18.0 Å². The van der Waals surface area contributed by atoms with E-state index in [0.717, 1.165) is 11.5 Å². The second kappa shape index (κ2) is 7.46. The summed E-state index contributed by atoms with van der Waals surface area (Å²) >= 11 is 0. The van der Waals surface area contributed by atoms with E-state index in [1.807, 2.05) is 17.6 Å². The van der Waals surface area contributed by atoms with Crippen LogP contribution in [-0.4, -0.2) is 48.5 Å². The molecule has 1 aliphatic heterocycles. The zero-order valence-electron chi connectivity index (χ0n) is 16.1. The molecule has 2 aromatic rings. The molecule has 28 heavy (non-hydrogen) atoms. The molecule has 2 aromatic heterocycles. The molecule has 0 saturated carbocycles. The van der Waals surface area contributed by atoms with Crippen molar-refractivity contribution >= 4 is 21.7 Å². The minimum Gasteiger partial charge on any atom is -0.467 e. The molecule has 1 aliphatic rings. The van der Waals surface area contributed by atoms with Gasteiger partial charge in [-0.05, 0) is 45.4 Å². The van der Waals surface area contributed by atoms with Crippen LogP contribution in [0, 0.1) is 13.8 Å². The molecule has 152 valence electrons. The topological polar surface area (TPSA) is 108 Å². The van der Waals surface area contributed by atoms with E-state index in [0.29, 0.717) is 24.2 Å². The summed E-state index contributed by atoms with van der Waals surface area (Å²) in [6, 6.07) is 5.36. The van der Waals surface area contributed by atoms with Gasteiger partial charge in [0.2, 0.25) is 0 Å². The fraction of sp³-hybridized carbons (Fsp3) is 0.474. The second-order valence-electron chi connectivity index (χ2n) is 7.48. The quantitative estimate of drug-likeness (QED) is 0.728. The molecule has 0 bridgehead atoms. The summed E-state index contributed by atoms with van der Waals surface area (Å²) in [5.41, 5.74) is 1.15. The van der Waals surface area contributed by atoms with E-state index in [-0.39, 0.29) is 11.5 Å². The minimum atomic E-state index is -3.14. The number of nitrogens with zero attached hydrogens (tertiary/aromatic N) is 1. The van der Waals surface area contributed by atoms with Crippen molar-refractivity contribution in [3.05, 3.63) is 47.2 Å². The van der Waals surface area contributed by atoms with Gasteiger partial charge in [0.25, 0.3) is 5.91 Å². The summed E-state index contributed by atoms with van der Waals surface area (Å²) in [6.07, 6.45) is 1.94. The first-order valence-corrected chi connectivity index (χ1v) is 10.8. The lowest BCUT2D eigenvalue weighted by Crippen LogP contribution is -2.48. The average molecular weight is 408 g/mol. The highest BCUT2D eigenvalue weighted by molar-refractivity contribution is 7.91. The molecule has 1 N–H and O–H groups in total. The Bertz CT molecular complexity index is 990. The number of hydrogen-bond donors (Lipinski definition) is 1. The number of carbonyl (C=O) groups excluding carboxylic acids is 2. The molecule has 9 heteroatoms. The summed E-state index contributed by atoms with van der Waals surface area (Å²) < 4.78 is 35.7. The molecule has 3 rings (SSSR count). The van der Waals surface area contributed by atoms with Gasteiger partial charge in [-0.3, -0.25) is 4.79 Å². The fourth-order valence-electron chi connectivity index (χ4n) is 3.50. The SMILES string of the molecule is Cc1cc(C(=O)OCC(=O)N[C@]2(C)CCS(=O)(=O)C2)c(C)n1Cc1ccco1. The number of furan rings is 1.